The first-order valence-electron chi connectivity index (χ1n) is 12.1. The molecule has 32 heavy (non-hydrogen) atoms. The molecule has 1 amide bonds. The SMILES string of the molecule is COCC(=O)N1CCCCCCCN(CCC(C)C)Cc2cc(-c3ccncc3)ccc21. The van der Waals surface area contributed by atoms with Crippen LogP contribution in [0.4, 0.5) is 5.69 Å². The van der Waals surface area contributed by atoms with Crippen molar-refractivity contribution >= 4 is 11.6 Å². The van der Waals surface area contributed by atoms with Gasteiger partial charge in [-0.2, -0.15) is 0 Å². The van der Waals surface area contributed by atoms with Crippen molar-refractivity contribution in [3.8, 4) is 11.1 Å². The van der Waals surface area contributed by atoms with Gasteiger partial charge in [0.25, 0.3) is 5.91 Å². The van der Waals surface area contributed by atoms with Gasteiger partial charge in [-0.25, -0.2) is 0 Å². The van der Waals surface area contributed by atoms with Gasteiger partial charge < -0.3 is 9.64 Å². The van der Waals surface area contributed by atoms with Gasteiger partial charge >= 0.3 is 0 Å². The lowest BCUT2D eigenvalue weighted by Gasteiger charge is -2.30. The average molecular weight is 438 g/mol. The van der Waals surface area contributed by atoms with Gasteiger partial charge in [0.1, 0.15) is 6.61 Å². The first-order chi connectivity index (χ1) is 15.6. The quantitative estimate of drug-likeness (QED) is 0.595. The fraction of sp³-hybridized carbons (Fsp3) is 0.556. The van der Waals surface area contributed by atoms with E-state index >= 15 is 0 Å². The maximum atomic E-state index is 13.0. The highest BCUT2D eigenvalue weighted by Crippen LogP contribution is 2.30. The van der Waals surface area contributed by atoms with Crippen LogP contribution in [0.25, 0.3) is 11.1 Å². The molecular weight excluding hydrogens is 398 g/mol. The number of hydrogen-bond acceptors (Lipinski definition) is 4. The monoisotopic (exact) mass is 437 g/mol. The number of nitrogens with zero attached hydrogens (tertiary/aromatic N) is 3. The Labute approximate surface area is 193 Å². The van der Waals surface area contributed by atoms with E-state index in [9.17, 15) is 4.79 Å². The molecule has 0 fully saturated rings. The molecule has 0 saturated carbocycles. The van der Waals surface area contributed by atoms with E-state index < -0.39 is 0 Å². The summed E-state index contributed by atoms with van der Waals surface area (Å²) in [5.41, 5.74) is 4.56. The molecular formula is C27H39N3O2. The molecule has 1 aromatic carbocycles. The largest absolute Gasteiger partial charge is 0.375 e. The van der Waals surface area contributed by atoms with Crippen LogP contribution in [-0.2, 0) is 16.1 Å². The minimum atomic E-state index is 0.0381. The Morgan fingerprint density at radius 3 is 2.44 bits per heavy atom. The van der Waals surface area contributed by atoms with E-state index in [2.05, 4.69) is 41.9 Å². The molecule has 0 spiro atoms. The zero-order valence-electron chi connectivity index (χ0n) is 20.1. The minimum absolute atomic E-state index is 0.0381. The number of methoxy groups -OCH3 is 1. The summed E-state index contributed by atoms with van der Waals surface area (Å²) in [6.07, 6.45) is 10.8. The van der Waals surface area contributed by atoms with Crippen molar-refractivity contribution in [1.82, 2.24) is 9.88 Å². The lowest BCUT2D eigenvalue weighted by molar-refractivity contribution is -0.122. The van der Waals surface area contributed by atoms with E-state index in [-0.39, 0.29) is 12.5 Å². The summed E-state index contributed by atoms with van der Waals surface area (Å²) in [6, 6.07) is 10.6. The summed E-state index contributed by atoms with van der Waals surface area (Å²) in [4.78, 5) is 21.7. The van der Waals surface area contributed by atoms with E-state index in [1.54, 1.807) is 7.11 Å². The molecule has 0 atom stereocenters. The standard InChI is InChI=1S/C27H39N3O2/c1-22(2)13-18-29-16-7-5-4-6-8-17-30(27(31)21-32-3)26-10-9-24(19-25(26)20-29)23-11-14-28-15-12-23/h9-12,14-15,19,22H,4-8,13,16-18,20-21H2,1-3H3. The van der Waals surface area contributed by atoms with Gasteiger partial charge in [0.2, 0.25) is 0 Å². The number of carbonyl (C=O) groups is 1. The van der Waals surface area contributed by atoms with Gasteiger partial charge in [-0.1, -0.05) is 39.2 Å². The summed E-state index contributed by atoms with van der Waals surface area (Å²) in [5.74, 6) is 0.718. The Hall–Kier alpha value is -2.24. The van der Waals surface area contributed by atoms with E-state index in [1.165, 1.54) is 36.8 Å². The van der Waals surface area contributed by atoms with Crippen LogP contribution in [0.15, 0.2) is 42.7 Å². The molecule has 174 valence electrons. The molecule has 2 aromatic rings. The normalized spacial score (nSPS) is 16.3. The van der Waals surface area contributed by atoms with Gasteiger partial charge in [0.05, 0.1) is 0 Å². The van der Waals surface area contributed by atoms with E-state index in [1.807, 2.05) is 29.4 Å². The van der Waals surface area contributed by atoms with Crippen LogP contribution in [0, 0.1) is 5.92 Å². The molecule has 5 nitrogen and oxygen atoms in total. The van der Waals surface area contributed by atoms with E-state index in [4.69, 9.17) is 4.74 Å². The van der Waals surface area contributed by atoms with Crippen molar-refractivity contribution in [2.75, 3.05) is 38.3 Å². The predicted octanol–water partition coefficient (Wildman–Crippen LogP) is 5.54. The molecule has 1 aliphatic rings. The van der Waals surface area contributed by atoms with Gasteiger partial charge in [0, 0.05) is 38.3 Å². The Morgan fingerprint density at radius 1 is 1.00 bits per heavy atom. The molecule has 0 aliphatic carbocycles. The maximum Gasteiger partial charge on any atom is 0.252 e. The second kappa shape index (κ2) is 12.7. The first-order valence-corrected chi connectivity index (χ1v) is 12.1. The Kier molecular flexibility index (Phi) is 9.69. The number of amides is 1. The Morgan fingerprint density at radius 2 is 1.72 bits per heavy atom. The lowest BCUT2D eigenvalue weighted by atomic mass is 10.0. The van der Waals surface area contributed by atoms with E-state index in [0.717, 1.165) is 50.3 Å². The zero-order valence-corrected chi connectivity index (χ0v) is 20.1. The zero-order chi connectivity index (χ0) is 22.8. The predicted molar refractivity (Wildman–Crippen MR) is 132 cm³/mol. The number of carbonyl (C=O) groups excluding carboxylic acids is 1. The molecule has 0 radical (unpaired) electrons. The number of aromatic nitrogens is 1. The third kappa shape index (κ3) is 7.14. The van der Waals surface area contributed by atoms with Crippen molar-refractivity contribution in [3.63, 3.8) is 0 Å². The molecule has 1 aliphatic heterocycles. The molecule has 0 unspecified atom stereocenters. The number of hydrogen-bond donors (Lipinski definition) is 0. The summed E-state index contributed by atoms with van der Waals surface area (Å²) in [5, 5.41) is 0. The third-order valence-corrected chi connectivity index (χ3v) is 6.23. The highest BCUT2D eigenvalue weighted by atomic mass is 16.5. The molecule has 3 rings (SSSR count). The van der Waals surface area contributed by atoms with Crippen molar-refractivity contribution in [1.29, 1.82) is 0 Å². The summed E-state index contributed by atoms with van der Waals surface area (Å²) < 4.78 is 5.22. The van der Waals surface area contributed by atoms with Crippen molar-refractivity contribution in [2.45, 2.75) is 58.9 Å². The van der Waals surface area contributed by atoms with Crippen LogP contribution in [0.3, 0.4) is 0 Å². The van der Waals surface area contributed by atoms with Gasteiger partial charge in [-0.05, 0) is 79.2 Å². The number of benzene rings is 1. The molecule has 0 saturated heterocycles. The topological polar surface area (TPSA) is 45.7 Å². The van der Waals surface area contributed by atoms with Crippen LogP contribution in [0.1, 0.15) is 57.9 Å². The highest BCUT2D eigenvalue weighted by molar-refractivity contribution is 5.95. The summed E-state index contributed by atoms with van der Waals surface area (Å²) >= 11 is 0. The number of anilines is 1. The van der Waals surface area contributed by atoms with Crippen LogP contribution in [-0.4, -0.2) is 49.1 Å². The van der Waals surface area contributed by atoms with Crippen molar-refractivity contribution in [2.24, 2.45) is 5.92 Å². The fourth-order valence-electron chi connectivity index (χ4n) is 4.37. The molecule has 0 N–H and O–H groups in total. The Bertz CT molecular complexity index is 838. The molecule has 2 heterocycles. The fourth-order valence-corrected chi connectivity index (χ4v) is 4.37. The Balaban J connectivity index is 2.00. The van der Waals surface area contributed by atoms with Gasteiger partial charge in [-0.3, -0.25) is 14.7 Å². The third-order valence-electron chi connectivity index (χ3n) is 6.23. The van der Waals surface area contributed by atoms with Crippen LogP contribution in [0.2, 0.25) is 0 Å². The number of ether oxygens (including phenoxy) is 1. The van der Waals surface area contributed by atoms with Crippen LogP contribution in [0.5, 0.6) is 0 Å². The van der Waals surface area contributed by atoms with Gasteiger partial charge in [0.15, 0.2) is 0 Å². The number of pyridine rings is 1. The molecule has 5 heteroatoms. The van der Waals surface area contributed by atoms with Crippen LogP contribution >= 0.6 is 0 Å². The van der Waals surface area contributed by atoms with Crippen molar-refractivity contribution in [3.05, 3.63) is 48.3 Å². The smallest absolute Gasteiger partial charge is 0.252 e. The second-order valence-electron chi connectivity index (χ2n) is 9.28. The molecule has 1 aromatic heterocycles. The van der Waals surface area contributed by atoms with Crippen LogP contribution < -0.4 is 4.90 Å². The van der Waals surface area contributed by atoms with E-state index in [0.29, 0.717) is 5.92 Å². The van der Waals surface area contributed by atoms with Gasteiger partial charge in [-0.15, -0.1) is 0 Å². The number of fused-ring (bicyclic) bond motifs is 1. The van der Waals surface area contributed by atoms with Crippen molar-refractivity contribution < 1.29 is 9.53 Å². The highest BCUT2D eigenvalue weighted by Gasteiger charge is 2.21. The average Bonchev–Trinajstić information content (AvgIpc) is 2.79. The summed E-state index contributed by atoms with van der Waals surface area (Å²) in [6.45, 7) is 8.49. The minimum Gasteiger partial charge on any atom is -0.375 e. The maximum absolute atomic E-state index is 13.0. The molecule has 0 bridgehead atoms. The summed E-state index contributed by atoms with van der Waals surface area (Å²) in [7, 11) is 1.59. The number of rotatable bonds is 6. The first kappa shape index (κ1) is 24.4. The second-order valence-corrected chi connectivity index (χ2v) is 9.28. The lowest BCUT2D eigenvalue weighted by Crippen LogP contribution is -2.36.